The van der Waals surface area contributed by atoms with Gasteiger partial charge >= 0.3 is 0 Å². The van der Waals surface area contributed by atoms with Crippen molar-refractivity contribution in [3.8, 4) is 0 Å². The van der Waals surface area contributed by atoms with Crippen molar-refractivity contribution in [3.05, 3.63) is 35.4 Å². The largest absolute Gasteiger partial charge is 0.382 e. The first kappa shape index (κ1) is 13.5. The molecule has 0 atom stereocenters. The minimum atomic E-state index is 0.205. The van der Waals surface area contributed by atoms with Gasteiger partial charge in [0.1, 0.15) is 0 Å². The van der Waals surface area contributed by atoms with E-state index in [2.05, 4.69) is 24.3 Å². The quantitative estimate of drug-likeness (QED) is 0.749. The molecule has 0 heterocycles. The summed E-state index contributed by atoms with van der Waals surface area (Å²) >= 11 is 0. The lowest BCUT2D eigenvalue weighted by Crippen LogP contribution is -2.32. The summed E-state index contributed by atoms with van der Waals surface area (Å²) in [6.07, 6.45) is 3.21. The topological polar surface area (TPSA) is 44.5 Å². The lowest BCUT2D eigenvalue weighted by atomic mass is 9.82. The minimum absolute atomic E-state index is 0.205. The second kappa shape index (κ2) is 6.32. The van der Waals surface area contributed by atoms with E-state index in [0.717, 1.165) is 32.4 Å². The van der Waals surface area contributed by atoms with Crippen LogP contribution in [0.15, 0.2) is 24.3 Å². The molecule has 100 valence electrons. The van der Waals surface area contributed by atoms with Crippen LogP contribution >= 0.6 is 0 Å². The molecular weight excluding hydrogens is 226 g/mol. The highest BCUT2D eigenvalue weighted by molar-refractivity contribution is 5.34. The van der Waals surface area contributed by atoms with Crippen LogP contribution in [-0.2, 0) is 22.3 Å². The molecule has 1 aliphatic rings. The number of benzene rings is 1. The number of ether oxygens (including phenoxy) is 2. The molecular formula is C15H23NO2. The van der Waals surface area contributed by atoms with Gasteiger partial charge in [0, 0.05) is 13.7 Å². The third-order valence-electron chi connectivity index (χ3n) is 3.89. The Hall–Kier alpha value is -0.900. The van der Waals surface area contributed by atoms with Crippen molar-refractivity contribution in [1.29, 1.82) is 0 Å². The molecule has 3 heteroatoms. The normalized spacial score (nSPS) is 16.8. The van der Waals surface area contributed by atoms with Gasteiger partial charge < -0.3 is 15.2 Å². The fourth-order valence-corrected chi connectivity index (χ4v) is 2.73. The van der Waals surface area contributed by atoms with Crippen molar-refractivity contribution in [2.24, 2.45) is 11.1 Å². The molecule has 0 aromatic heterocycles. The van der Waals surface area contributed by atoms with Gasteiger partial charge in [-0.15, -0.1) is 0 Å². The van der Waals surface area contributed by atoms with Gasteiger partial charge in [-0.25, -0.2) is 0 Å². The Balaban J connectivity index is 1.86. The van der Waals surface area contributed by atoms with Gasteiger partial charge in [-0.05, 0) is 42.3 Å². The van der Waals surface area contributed by atoms with Crippen LogP contribution in [0.2, 0.25) is 0 Å². The van der Waals surface area contributed by atoms with Gasteiger partial charge in [0.25, 0.3) is 0 Å². The molecule has 0 saturated heterocycles. The highest BCUT2D eigenvalue weighted by atomic mass is 16.5. The van der Waals surface area contributed by atoms with Crippen LogP contribution in [0.1, 0.15) is 17.5 Å². The Morgan fingerprint density at radius 2 is 1.78 bits per heavy atom. The van der Waals surface area contributed by atoms with Crippen LogP contribution in [0.4, 0.5) is 0 Å². The first-order chi connectivity index (χ1) is 8.79. The number of hydrogen-bond acceptors (Lipinski definition) is 3. The number of rotatable bonds is 7. The second-order valence-electron chi connectivity index (χ2n) is 5.18. The van der Waals surface area contributed by atoms with Crippen LogP contribution in [0, 0.1) is 5.41 Å². The third-order valence-corrected chi connectivity index (χ3v) is 3.89. The predicted molar refractivity (Wildman–Crippen MR) is 72.6 cm³/mol. The Bertz CT molecular complexity index is 354. The van der Waals surface area contributed by atoms with Crippen molar-refractivity contribution < 1.29 is 9.47 Å². The fourth-order valence-electron chi connectivity index (χ4n) is 2.73. The predicted octanol–water partition coefficient (Wildman–Crippen LogP) is 1.78. The number of fused-ring (bicyclic) bond motifs is 1. The molecule has 1 aromatic rings. The fraction of sp³-hybridized carbons (Fsp3) is 0.600. The van der Waals surface area contributed by atoms with Gasteiger partial charge in [0.2, 0.25) is 0 Å². The number of methoxy groups -OCH3 is 1. The van der Waals surface area contributed by atoms with Gasteiger partial charge in [-0.1, -0.05) is 24.3 Å². The average Bonchev–Trinajstić information content (AvgIpc) is 2.77. The van der Waals surface area contributed by atoms with E-state index in [4.69, 9.17) is 15.2 Å². The van der Waals surface area contributed by atoms with E-state index in [9.17, 15) is 0 Å². The molecule has 3 nitrogen and oxygen atoms in total. The Morgan fingerprint density at radius 1 is 1.11 bits per heavy atom. The van der Waals surface area contributed by atoms with Gasteiger partial charge in [-0.2, -0.15) is 0 Å². The molecule has 0 amide bonds. The zero-order valence-electron chi connectivity index (χ0n) is 11.2. The summed E-state index contributed by atoms with van der Waals surface area (Å²) in [6, 6.07) is 8.66. The van der Waals surface area contributed by atoms with Gasteiger partial charge in [0.15, 0.2) is 0 Å². The highest BCUT2D eigenvalue weighted by Crippen LogP contribution is 2.38. The monoisotopic (exact) mass is 249 g/mol. The van der Waals surface area contributed by atoms with Gasteiger partial charge in [0.05, 0.1) is 13.2 Å². The summed E-state index contributed by atoms with van der Waals surface area (Å²) in [5.74, 6) is 0. The summed E-state index contributed by atoms with van der Waals surface area (Å²) in [5.41, 5.74) is 9.13. The first-order valence-electron chi connectivity index (χ1n) is 6.63. The standard InChI is InChI=1S/C15H23NO2/c1-17-8-9-18-7-6-15(12-16)10-13-4-2-3-5-14(13)11-15/h2-5H,6-12,16H2,1H3. The molecule has 1 aliphatic carbocycles. The van der Waals surface area contributed by atoms with E-state index in [-0.39, 0.29) is 5.41 Å². The summed E-state index contributed by atoms with van der Waals surface area (Å²) in [7, 11) is 1.69. The summed E-state index contributed by atoms with van der Waals surface area (Å²) in [5, 5.41) is 0. The molecule has 0 aliphatic heterocycles. The van der Waals surface area contributed by atoms with E-state index in [1.54, 1.807) is 7.11 Å². The van der Waals surface area contributed by atoms with Crippen molar-refractivity contribution >= 4 is 0 Å². The molecule has 1 aromatic carbocycles. The smallest absolute Gasteiger partial charge is 0.0700 e. The summed E-state index contributed by atoms with van der Waals surface area (Å²) < 4.78 is 10.5. The van der Waals surface area contributed by atoms with Crippen molar-refractivity contribution in [2.75, 3.05) is 33.5 Å². The van der Waals surface area contributed by atoms with Crippen LogP contribution in [0.25, 0.3) is 0 Å². The van der Waals surface area contributed by atoms with Crippen LogP contribution in [-0.4, -0.2) is 33.5 Å². The van der Waals surface area contributed by atoms with E-state index in [0.29, 0.717) is 13.2 Å². The summed E-state index contributed by atoms with van der Waals surface area (Å²) in [6.45, 7) is 2.84. The van der Waals surface area contributed by atoms with Crippen LogP contribution in [0.3, 0.4) is 0 Å². The molecule has 2 rings (SSSR count). The van der Waals surface area contributed by atoms with Crippen molar-refractivity contribution in [2.45, 2.75) is 19.3 Å². The van der Waals surface area contributed by atoms with Crippen LogP contribution in [0.5, 0.6) is 0 Å². The molecule has 2 N–H and O–H groups in total. The van der Waals surface area contributed by atoms with E-state index in [1.807, 2.05) is 0 Å². The lowest BCUT2D eigenvalue weighted by molar-refractivity contribution is 0.0533. The molecule has 0 fully saturated rings. The highest BCUT2D eigenvalue weighted by Gasteiger charge is 2.35. The van der Waals surface area contributed by atoms with E-state index in [1.165, 1.54) is 11.1 Å². The number of hydrogen-bond donors (Lipinski definition) is 1. The maximum absolute atomic E-state index is 6.01. The first-order valence-corrected chi connectivity index (χ1v) is 6.63. The SMILES string of the molecule is COCCOCCC1(CN)Cc2ccccc2C1. The zero-order valence-corrected chi connectivity index (χ0v) is 11.2. The maximum Gasteiger partial charge on any atom is 0.0700 e. The number of nitrogens with two attached hydrogens (primary N) is 1. The Labute approximate surface area is 109 Å². The Kier molecular flexibility index (Phi) is 4.75. The molecule has 0 bridgehead atoms. The van der Waals surface area contributed by atoms with E-state index >= 15 is 0 Å². The average molecular weight is 249 g/mol. The summed E-state index contributed by atoms with van der Waals surface area (Å²) in [4.78, 5) is 0. The third kappa shape index (κ3) is 3.10. The lowest BCUT2D eigenvalue weighted by Gasteiger charge is -2.27. The molecule has 0 spiro atoms. The minimum Gasteiger partial charge on any atom is -0.382 e. The molecule has 0 unspecified atom stereocenters. The van der Waals surface area contributed by atoms with Crippen molar-refractivity contribution in [1.82, 2.24) is 0 Å². The Morgan fingerprint density at radius 3 is 2.33 bits per heavy atom. The maximum atomic E-state index is 6.01. The molecule has 0 radical (unpaired) electrons. The molecule has 0 saturated carbocycles. The van der Waals surface area contributed by atoms with E-state index < -0.39 is 0 Å². The van der Waals surface area contributed by atoms with Crippen LogP contribution < -0.4 is 5.73 Å². The van der Waals surface area contributed by atoms with Gasteiger partial charge in [-0.3, -0.25) is 0 Å². The molecule has 18 heavy (non-hydrogen) atoms. The van der Waals surface area contributed by atoms with Crippen molar-refractivity contribution in [3.63, 3.8) is 0 Å². The zero-order chi connectivity index (χ0) is 12.8. The second-order valence-corrected chi connectivity index (χ2v) is 5.18.